The van der Waals surface area contributed by atoms with E-state index in [2.05, 4.69) is 10.1 Å². The van der Waals surface area contributed by atoms with Crippen LogP contribution in [-0.4, -0.2) is 42.0 Å². The van der Waals surface area contributed by atoms with Gasteiger partial charge in [0.25, 0.3) is 0 Å². The smallest absolute Gasteiger partial charge is 0.407 e. The number of aliphatic hydroxyl groups is 2. The van der Waals surface area contributed by atoms with Crippen molar-refractivity contribution in [3.63, 3.8) is 0 Å². The molecular weight excluding hydrogens is 350 g/mol. The predicted molar refractivity (Wildman–Crippen MR) is 98.0 cm³/mol. The molecule has 2 aromatic rings. The summed E-state index contributed by atoms with van der Waals surface area (Å²) in [7, 11) is 1.27. The third-order valence-corrected chi connectivity index (χ3v) is 3.94. The molecule has 2 aromatic carbocycles. The van der Waals surface area contributed by atoms with Gasteiger partial charge in [-0.05, 0) is 29.7 Å². The van der Waals surface area contributed by atoms with Gasteiger partial charge in [0.1, 0.15) is 12.7 Å². The normalized spacial score (nSPS) is 12.7. The van der Waals surface area contributed by atoms with Crippen molar-refractivity contribution in [1.82, 2.24) is 5.32 Å². The second-order valence-corrected chi connectivity index (χ2v) is 5.91. The van der Waals surface area contributed by atoms with Crippen LogP contribution in [0.15, 0.2) is 54.6 Å². The van der Waals surface area contributed by atoms with Gasteiger partial charge in [0.2, 0.25) is 0 Å². The number of aliphatic hydroxyl groups excluding tert-OH is 2. The van der Waals surface area contributed by atoms with Gasteiger partial charge < -0.3 is 25.0 Å². The minimum Gasteiger partial charge on any atom is -0.465 e. The lowest BCUT2D eigenvalue weighted by Gasteiger charge is -2.18. The molecule has 144 valence electrons. The Labute approximate surface area is 157 Å². The highest BCUT2D eigenvalue weighted by atomic mass is 16.5. The van der Waals surface area contributed by atoms with E-state index in [1.165, 1.54) is 13.2 Å². The second kappa shape index (κ2) is 10.3. The van der Waals surface area contributed by atoms with E-state index in [9.17, 15) is 19.8 Å². The molecule has 0 saturated heterocycles. The Kier molecular flexibility index (Phi) is 7.79. The van der Waals surface area contributed by atoms with Gasteiger partial charge in [-0.2, -0.15) is 0 Å². The number of benzene rings is 2. The van der Waals surface area contributed by atoms with Crippen LogP contribution in [0.2, 0.25) is 0 Å². The Balaban J connectivity index is 1.77. The first-order valence-electron chi connectivity index (χ1n) is 8.50. The first kappa shape index (κ1) is 20.4. The summed E-state index contributed by atoms with van der Waals surface area (Å²) in [5, 5.41) is 22.9. The van der Waals surface area contributed by atoms with E-state index < -0.39 is 24.3 Å². The molecule has 0 fully saturated rings. The number of amides is 1. The highest BCUT2D eigenvalue weighted by Crippen LogP contribution is 2.20. The Morgan fingerprint density at radius 1 is 1.07 bits per heavy atom. The van der Waals surface area contributed by atoms with Crippen LogP contribution in [0.4, 0.5) is 4.79 Å². The molecular formula is C20H23NO6. The lowest BCUT2D eigenvalue weighted by molar-refractivity contribution is 0.0135. The first-order chi connectivity index (χ1) is 13.0. The highest BCUT2D eigenvalue weighted by Gasteiger charge is 2.20. The topological polar surface area (TPSA) is 105 Å². The fourth-order valence-corrected chi connectivity index (χ4v) is 2.44. The van der Waals surface area contributed by atoms with Crippen LogP contribution in [0.3, 0.4) is 0 Å². The number of esters is 1. The van der Waals surface area contributed by atoms with Crippen molar-refractivity contribution < 1.29 is 29.3 Å². The number of carbonyl (C=O) groups excluding carboxylic acids is 2. The van der Waals surface area contributed by atoms with Crippen LogP contribution in [0.25, 0.3) is 0 Å². The predicted octanol–water partition coefficient (Wildman–Crippen LogP) is 2.18. The molecule has 3 N–H and O–H groups in total. The third kappa shape index (κ3) is 6.40. The van der Waals surface area contributed by atoms with Crippen LogP contribution < -0.4 is 5.32 Å². The number of hydrogen-bond donors (Lipinski definition) is 3. The van der Waals surface area contributed by atoms with Crippen LogP contribution in [0.1, 0.15) is 34.0 Å². The van der Waals surface area contributed by atoms with Crippen molar-refractivity contribution in [2.24, 2.45) is 0 Å². The molecule has 0 aliphatic rings. The SMILES string of the molecule is COC(=O)c1cccc(C(O)C(O)CCNC(=O)OCc2ccccc2)c1. The molecule has 2 rings (SSSR count). The average Bonchev–Trinajstić information content (AvgIpc) is 2.71. The standard InChI is InChI=1S/C20H23NO6/c1-26-19(24)16-9-5-8-15(12-16)18(23)17(22)10-11-21-20(25)27-13-14-6-3-2-4-7-14/h2-9,12,17-18,22-23H,10-11,13H2,1H3,(H,21,25). The Bertz CT molecular complexity index is 749. The van der Waals surface area contributed by atoms with Gasteiger partial charge in [0.15, 0.2) is 0 Å². The van der Waals surface area contributed by atoms with E-state index >= 15 is 0 Å². The molecule has 0 bridgehead atoms. The number of ether oxygens (including phenoxy) is 2. The lowest BCUT2D eigenvalue weighted by atomic mass is 10.00. The van der Waals surface area contributed by atoms with Gasteiger partial charge in [-0.3, -0.25) is 0 Å². The van der Waals surface area contributed by atoms with Crippen LogP contribution >= 0.6 is 0 Å². The van der Waals surface area contributed by atoms with Crippen molar-refractivity contribution in [1.29, 1.82) is 0 Å². The lowest BCUT2D eigenvalue weighted by Crippen LogP contribution is -2.29. The number of hydrogen-bond acceptors (Lipinski definition) is 6. The number of methoxy groups -OCH3 is 1. The maximum atomic E-state index is 11.7. The average molecular weight is 373 g/mol. The van der Waals surface area contributed by atoms with Crippen molar-refractivity contribution in [2.75, 3.05) is 13.7 Å². The third-order valence-electron chi connectivity index (χ3n) is 3.94. The Morgan fingerprint density at radius 2 is 1.81 bits per heavy atom. The molecule has 0 aliphatic heterocycles. The minimum absolute atomic E-state index is 0.115. The first-order valence-corrected chi connectivity index (χ1v) is 8.50. The molecule has 0 aliphatic carbocycles. The summed E-state index contributed by atoms with van der Waals surface area (Å²) in [6.07, 6.45) is -2.80. The van der Waals surface area contributed by atoms with E-state index in [0.717, 1.165) is 5.56 Å². The summed E-state index contributed by atoms with van der Waals surface area (Å²) in [6.45, 7) is 0.278. The van der Waals surface area contributed by atoms with Crippen LogP contribution in [0, 0.1) is 0 Å². The molecule has 0 spiro atoms. The van der Waals surface area contributed by atoms with E-state index in [1.54, 1.807) is 18.2 Å². The molecule has 7 heteroatoms. The fourth-order valence-electron chi connectivity index (χ4n) is 2.44. The largest absolute Gasteiger partial charge is 0.465 e. The van der Waals surface area contributed by atoms with Crippen molar-refractivity contribution >= 4 is 12.1 Å². The number of carbonyl (C=O) groups is 2. The summed E-state index contributed by atoms with van der Waals surface area (Å²) in [5.41, 5.74) is 1.54. The van der Waals surface area contributed by atoms with Gasteiger partial charge in [-0.15, -0.1) is 0 Å². The van der Waals surface area contributed by atoms with Gasteiger partial charge >= 0.3 is 12.1 Å². The zero-order chi connectivity index (χ0) is 19.6. The maximum absolute atomic E-state index is 11.7. The second-order valence-electron chi connectivity index (χ2n) is 5.91. The zero-order valence-corrected chi connectivity index (χ0v) is 15.0. The summed E-state index contributed by atoms with van der Waals surface area (Å²) in [6, 6.07) is 15.5. The van der Waals surface area contributed by atoms with Gasteiger partial charge in [0, 0.05) is 6.54 Å². The quantitative estimate of drug-likeness (QED) is 0.613. The van der Waals surface area contributed by atoms with Gasteiger partial charge in [-0.25, -0.2) is 9.59 Å². The maximum Gasteiger partial charge on any atom is 0.407 e. The monoisotopic (exact) mass is 373 g/mol. The molecule has 27 heavy (non-hydrogen) atoms. The Morgan fingerprint density at radius 3 is 2.52 bits per heavy atom. The molecule has 1 amide bonds. The van der Waals surface area contributed by atoms with E-state index in [-0.39, 0.29) is 25.1 Å². The van der Waals surface area contributed by atoms with Crippen molar-refractivity contribution in [2.45, 2.75) is 25.2 Å². The summed E-state index contributed by atoms with van der Waals surface area (Å²) in [5.74, 6) is -0.527. The zero-order valence-electron chi connectivity index (χ0n) is 15.0. The molecule has 0 heterocycles. The van der Waals surface area contributed by atoms with Gasteiger partial charge in [0.05, 0.1) is 18.8 Å². The number of nitrogens with one attached hydrogen (secondary N) is 1. The molecule has 0 aromatic heterocycles. The fraction of sp³-hybridized carbons (Fsp3) is 0.300. The molecule has 0 radical (unpaired) electrons. The van der Waals surface area contributed by atoms with Crippen molar-refractivity contribution in [3.8, 4) is 0 Å². The van der Waals surface area contributed by atoms with E-state index in [4.69, 9.17) is 4.74 Å². The molecule has 0 saturated carbocycles. The van der Waals surface area contributed by atoms with Gasteiger partial charge in [-0.1, -0.05) is 42.5 Å². The van der Waals surface area contributed by atoms with E-state index in [0.29, 0.717) is 5.56 Å². The number of alkyl carbamates (subject to hydrolysis) is 1. The molecule has 2 atom stereocenters. The van der Waals surface area contributed by atoms with E-state index in [1.807, 2.05) is 30.3 Å². The summed E-state index contributed by atoms with van der Waals surface area (Å²) < 4.78 is 9.70. The van der Waals surface area contributed by atoms with Crippen LogP contribution in [-0.2, 0) is 16.1 Å². The van der Waals surface area contributed by atoms with Crippen LogP contribution in [0.5, 0.6) is 0 Å². The Hall–Kier alpha value is -2.90. The highest BCUT2D eigenvalue weighted by molar-refractivity contribution is 5.89. The summed E-state index contributed by atoms with van der Waals surface area (Å²) in [4.78, 5) is 23.2. The number of rotatable bonds is 8. The molecule has 7 nitrogen and oxygen atoms in total. The summed E-state index contributed by atoms with van der Waals surface area (Å²) >= 11 is 0. The minimum atomic E-state index is -1.20. The molecule has 2 unspecified atom stereocenters. The van der Waals surface area contributed by atoms with Crippen molar-refractivity contribution in [3.05, 3.63) is 71.3 Å².